The number of hydrogen-bond acceptors (Lipinski definition) is 5. The number of imidazole rings is 1. The molecule has 4 aromatic heterocycles. The predicted molar refractivity (Wildman–Crippen MR) is 115 cm³/mol. The minimum absolute atomic E-state index is 0.103. The lowest BCUT2D eigenvalue weighted by molar-refractivity contribution is -0.130. The molecule has 1 amide bonds. The second-order valence-electron chi connectivity index (χ2n) is 8.60. The van der Waals surface area contributed by atoms with E-state index in [9.17, 15) is 4.79 Å². The molecule has 6 rings (SSSR count). The summed E-state index contributed by atoms with van der Waals surface area (Å²) in [6.45, 7) is 3.77. The highest BCUT2D eigenvalue weighted by Crippen LogP contribution is 2.42. The van der Waals surface area contributed by atoms with E-state index in [-0.39, 0.29) is 5.91 Å². The van der Waals surface area contributed by atoms with Gasteiger partial charge in [0, 0.05) is 68.9 Å². The van der Waals surface area contributed by atoms with Crippen LogP contribution in [0.15, 0.2) is 24.7 Å². The average molecular weight is 416 g/mol. The summed E-state index contributed by atoms with van der Waals surface area (Å²) in [5.41, 5.74) is 5.65. The van der Waals surface area contributed by atoms with Crippen molar-refractivity contribution in [3.05, 3.63) is 36.2 Å². The third kappa shape index (κ3) is 2.87. The molecule has 1 aliphatic heterocycles. The van der Waals surface area contributed by atoms with Crippen molar-refractivity contribution in [2.75, 3.05) is 6.54 Å². The van der Waals surface area contributed by atoms with Crippen LogP contribution >= 0.6 is 0 Å². The number of amides is 1. The Morgan fingerprint density at radius 2 is 1.94 bits per heavy atom. The standard InChI is InChI=1S/C22H24N8O/c1-13(31)29-6-7-30-18(12-29)20(25-21(30)14-4-5-14)15-8-17-19(16-10-24-27(2)11-16)26-28(3)22(17)23-9-15/h8-11,14H,4-7,12H2,1-3H3. The number of carbonyl (C=O) groups excluding carboxylic acids is 1. The number of pyridine rings is 1. The van der Waals surface area contributed by atoms with E-state index in [2.05, 4.69) is 15.7 Å². The molecule has 9 nitrogen and oxygen atoms in total. The fraction of sp³-hybridized carbons (Fsp3) is 0.409. The topological polar surface area (TPSA) is 86.7 Å². The molecule has 31 heavy (non-hydrogen) atoms. The molecule has 2 aliphatic rings. The first-order valence-electron chi connectivity index (χ1n) is 10.7. The molecule has 0 spiro atoms. The van der Waals surface area contributed by atoms with Crippen LogP contribution in [0, 0.1) is 0 Å². The number of aryl methyl sites for hydroxylation is 2. The maximum atomic E-state index is 12.1. The Bertz CT molecular complexity index is 1340. The van der Waals surface area contributed by atoms with Crippen LogP contribution in [0.25, 0.3) is 33.5 Å². The molecule has 0 saturated heterocycles. The summed E-state index contributed by atoms with van der Waals surface area (Å²) < 4.78 is 5.91. The number of hydrogen-bond donors (Lipinski definition) is 0. The zero-order valence-corrected chi connectivity index (χ0v) is 17.9. The van der Waals surface area contributed by atoms with E-state index in [4.69, 9.17) is 15.1 Å². The largest absolute Gasteiger partial charge is 0.335 e. The Labute approximate surface area is 179 Å². The lowest BCUT2D eigenvalue weighted by Crippen LogP contribution is -2.37. The van der Waals surface area contributed by atoms with Crippen LogP contribution in [0.1, 0.15) is 37.2 Å². The molecule has 0 N–H and O–H groups in total. The zero-order chi connectivity index (χ0) is 21.3. The average Bonchev–Trinajstić information content (AvgIpc) is 3.27. The summed E-state index contributed by atoms with van der Waals surface area (Å²) in [7, 11) is 3.80. The monoisotopic (exact) mass is 416 g/mol. The Balaban J connectivity index is 1.52. The Kier molecular flexibility index (Phi) is 3.84. The van der Waals surface area contributed by atoms with Gasteiger partial charge in [0.05, 0.1) is 24.1 Å². The fourth-order valence-electron chi connectivity index (χ4n) is 4.58. The van der Waals surface area contributed by atoms with Gasteiger partial charge in [0.25, 0.3) is 0 Å². The quantitative estimate of drug-likeness (QED) is 0.512. The predicted octanol–water partition coefficient (Wildman–Crippen LogP) is 2.47. The molecule has 9 heteroatoms. The minimum atomic E-state index is 0.103. The molecule has 1 fully saturated rings. The van der Waals surface area contributed by atoms with Crippen molar-refractivity contribution in [2.45, 2.75) is 38.8 Å². The molecule has 1 aliphatic carbocycles. The van der Waals surface area contributed by atoms with Gasteiger partial charge in [0.2, 0.25) is 5.91 Å². The number of rotatable bonds is 3. The molecule has 0 unspecified atom stereocenters. The SMILES string of the molecule is CC(=O)N1CCn2c(C3CC3)nc(-c3cnc4c(c3)c(-c3cnn(C)c3)nn4C)c2C1. The zero-order valence-electron chi connectivity index (χ0n) is 17.9. The maximum Gasteiger partial charge on any atom is 0.219 e. The highest BCUT2D eigenvalue weighted by atomic mass is 16.2. The van der Waals surface area contributed by atoms with Gasteiger partial charge in [-0.05, 0) is 18.9 Å². The van der Waals surface area contributed by atoms with Crippen molar-refractivity contribution in [3.63, 3.8) is 0 Å². The van der Waals surface area contributed by atoms with Crippen LogP contribution in [0.2, 0.25) is 0 Å². The van der Waals surface area contributed by atoms with Gasteiger partial charge >= 0.3 is 0 Å². The lowest BCUT2D eigenvalue weighted by Gasteiger charge is -2.28. The van der Waals surface area contributed by atoms with Crippen LogP contribution in [-0.2, 0) is 32.0 Å². The van der Waals surface area contributed by atoms with Gasteiger partial charge in [-0.25, -0.2) is 14.6 Å². The van der Waals surface area contributed by atoms with Crippen LogP contribution in [0.4, 0.5) is 0 Å². The van der Waals surface area contributed by atoms with E-state index in [1.807, 2.05) is 37.6 Å². The van der Waals surface area contributed by atoms with Crippen molar-refractivity contribution >= 4 is 16.9 Å². The summed E-state index contributed by atoms with van der Waals surface area (Å²) in [5, 5.41) is 9.97. The first kappa shape index (κ1) is 18.3. The van der Waals surface area contributed by atoms with Gasteiger partial charge in [-0.1, -0.05) is 0 Å². The fourth-order valence-corrected chi connectivity index (χ4v) is 4.58. The van der Waals surface area contributed by atoms with Crippen LogP contribution in [0.3, 0.4) is 0 Å². The molecule has 4 aromatic rings. The number of carbonyl (C=O) groups is 1. The summed E-state index contributed by atoms with van der Waals surface area (Å²) in [6, 6.07) is 2.13. The molecule has 0 radical (unpaired) electrons. The van der Waals surface area contributed by atoms with Crippen molar-refractivity contribution in [1.29, 1.82) is 0 Å². The molecular weight excluding hydrogens is 392 g/mol. The molecule has 0 bridgehead atoms. The van der Waals surface area contributed by atoms with Crippen molar-refractivity contribution < 1.29 is 4.79 Å². The lowest BCUT2D eigenvalue weighted by atomic mass is 10.1. The van der Waals surface area contributed by atoms with E-state index in [1.165, 1.54) is 12.8 Å². The van der Waals surface area contributed by atoms with Crippen molar-refractivity contribution in [1.82, 2.24) is 39.0 Å². The third-order valence-electron chi connectivity index (χ3n) is 6.35. The van der Waals surface area contributed by atoms with Gasteiger partial charge < -0.3 is 9.47 Å². The summed E-state index contributed by atoms with van der Waals surface area (Å²) in [6.07, 6.45) is 8.05. The van der Waals surface area contributed by atoms with Crippen molar-refractivity contribution in [2.24, 2.45) is 14.1 Å². The summed E-state index contributed by atoms with van der Waals surface area (Å²) >= 11 is 0. The van der Waals surface area contributed by atoms with Gasteiger partial charge in [-0.15, -0.1) is 0 Å². The van der Waals surface area contributed by atoms with Gasteiger partial charge in [0.1, 0.15) is 11.5 Å². The second-order valence-corrected chi connectivity index (χ2v) is 8.60. The Morgan fingerprint density at radius 3 is 2.65 bits per heavy atom. The maximum absolute atomic E-state index is 12.1. The smallest absolute Gasteiger partial charge is 0.219 e. The van der Waals surface area contributed by atoms with Crippen LogP contribution < -0.4 is 0 Å². The summed E-state index contributed by atoms with van der Waals surface area (Å²) in [4.78, 5) is 23.8. The first-order valence-corrected chi connectivity index (χ1v) is 10.7. The molecule has 0 aromatic carbocycles. The number of aromatic nitrogens is 7. The molecule has 0 atom stereocenters. The van der Waals surface area contributed by atoms with Gasteiger partial charge in [-0.2, -0.15) is 10.2 Å². The van der Waals surface area contributed by atoms with Crippen LogP contribution in [0.5, 0.6) is 0 Å². The van der Waals surface area contributed by atoms with E-state index in [0.29, 0.717) is 12.5 Å². The molecule has 158 valence electrons. The number of nitrogens with zero attached hydrogens (tertiary/aromatic N) is 8. The van der Waals surface area contributed by atoms with E-state index in [1.54, 1.807) is 16.3 Å². The first-order chi connectivity index (χ1) is 15.0. The van der Waals surface area contributed by atoms with E-state index >= 15 is 0 Å². The van der Waals surface area contributed by atoms with Crippen LogP contribution in [-0.4, -0.2) is 51.4 Å². The van der Waals surface area contributed by atoms with E-state index in [0.717, 1.165) is 58.2 Å². The molecular formula is C22H24N8O. The molecule has 1 saturated carbocycles. The Hall–Kier alpha value is -3.49. The van der Waals surface area contributed by atoms with Gasteiger partial charge in [-0.3, -0.25) is 9.48 Å². The van der Waals surface area contributed by atoms with E-state index < -0.39 is 0 Å². The number of fused-ring (bicyclic) bond motifs is 2. The second kappa shape index (κ2) is 6.50. The van der Waals surface area contributed by atoms with Crippen molar-refractivity contribution in [3.8, 4) is 22.5 Å². The highest BCUT2D eigenvalue weighted by molar-refractivity contribution is 5.93. The summed E-state index contributed by atoms with van der Waals surface area (Å²) in [5.74, 6) is 1.80. The Morgan fingerprint density at radius 1 is 1.10 bits per heavy atom. The minimum Gasteiger partial charge on any atom is -0.335 e. The van der Waals surface area contributed by atoms with Gasteiger partial charge in [0.15, 0.2) is 5.65 Å². The third-order valence-corrected chi connectivity index (χ3v) is 6.35. The molecule has 5 heterocycles. The highest BCUT2D eigenvalue weighted by Gasteiger charge is 2.34. The normalized spacial score (nSPS) is 16.2.